The third kappa shape index (κ3) is 2.43. The van der Waals surface area contributed by atoms with Gasteiger partial charge in [-0.15, -0.1) is 0 Å². The van der Waals surface area contributed by atoms with Gasteiger partial charge in [0, 0.05) is 17.0 Å². The molecule has 0 aliphatic rings. The Bertz CT molecular complexity index is 352. The van der Waals surface area contributed by atoms with Gasteiger partial charge in [-0.25, -0.2) is 0 Å². The molecule has 1 aromatic carbocycles. The molecule has 0 aliphatic heterocycles. The third-order valence-corrected chi connectivity index (χ3v) is 2.27. The molecule has 0 heterocycles. The molecule has 0 aliphatic carbocycles. The molecule has 5 heteroatoms. The molecular formula is C8H11N2O2S-. The number of rotatable bonds is 2. The molecule has 0 aromatic heterocycles. The van der Waals surface area contributed by atoms with Gasteiger partial charge < -0.3 is 15.0 Å². The molecule has 1 aromatic rings. The molecule has 0 amide bonds. The van der Waals surface area contributed by atoms with Crippen LogP contribution in [0.15, 0.2) is 12.1 Å². The molecule has 1 atom stereocenters. The molecule has 1 unspecified atom stereocenters. The lowest BCUT2D eigenvalue weighted by molar-refractivity contribution is 0.542. The van der Waals surface area contributed by atoms with Crippen molar-refractivity contribution in [2.75, 3.05) is 10.5 Å². The standard InChI is InChI=1S/C8H12N2O2S/c1-5-3-7(9)4-8(6(5)2)10-13(11)12/h3-4,10H,9H2,1-2H3,(H,11,12)/p-1. The lowest BCUT2D eigenvalue weighted by atomic mass is 10.1. The van der Waals surface area contributed by atoms with Crippen LogP contribution >= 0.6 is 0 Å². The predicted molar refractivity (Wildman–Crippen MR) is 52.9 cm³/mol. The number of anilines is 2. The molecule has 0 saturated heterocycles. The number of aryl methyl sites for hydroxylation is 1. The van der Waals surface area contributed by atoms with Crippen LogP contribution in [-0.4, -0.2) is 8.76 Å². The normalized spacial score (nSPS) is 12.5. The highest BCUT2D eigenvalue weighted by Gasteiger charge is 2.01. The first-order valence-corrected chi connectivity index (χ1v) is 4.81. The fraction of sp³-hybridized carbons (Fsp3) is 0.250. The number of nitrogen functional groups attached to an aromatic ring is 1. The lowest BCUT2D eigenvalue weighted by Crippen LogP contribution is -2.05. The SMILES string of the molecule is Cc1cc(N)cc(NS(=O)[O-])c1C. The second kappa shape index (κ2) is 3.76. The van der Waals surface area contributed by atoms with Gasteiger partial charge in [0.15, 0.2) is 0 Å². The zero-order chi connectivity index (χ0) is 10.0. The highest BCUT2D eigenvalue weighted by atomic mass is 32.2. The van der Waals surface area contributed by atoms with E-state index in [9.17, 15) is 8.76 Å². The molecule has 4 nitrogen and oxygen atoms in total. The van der Waals surface area contributed by atoms with E-state index in [1.54, 1.807) is 12.1 Å². The Morgan fingerprint density at radius 2 is 2.08 bits per heavy atom. The Hall–Kier alpha value is -1.07. The van der Waals surface area contributed by atoms with E-state index in [1.165, 1.54) is 0 Å². The Kier molecular flexibility index (Phi) is 2.90. The number of hydrogen-bond acceptors (Lipinski definition) is 3. The number of benzene rings is 1. The second-order valence-corrected chi connectivity index (χ2v) is 3.52. The minimum atomic E-state index is -2.30. The summed E-state index contributed by atoms with van der Waals surface area (Å²) in [5.41, 5.74) is 8.50. The quantitative estimate of drug-likeness (QED) is 0.553. The minimum Gasteiger partial charge on any atom is -0.755 e. The third-order valence-electron chi connectivity index (χ3n) is 1.88. The van der Waals surface area contributed by atoms with Crippen molar-refractivity contribution < 1.29 is 8.76 Å². The van der Waals surface area contributed by atoms with Crippen molar-refractivity contribution in [1.82, 2.24) is 0 Å². The maximum absolute atomic E-state index is 10.4. The molecule has 13 heavy (non-hydrogen) atoms. The summed E-state index contributed by atoms with van der Waals surface area (Å²) in [6.07, 6.45) is 0. The summed E-state index contributed by atoms with van der Waals surface area (Å²) in [5, 5.41) is 0. The maximum atomic E-state index is 10.4. The van der Waals surface area contributed by atoms with Crippen LogP contribution in [0.1, 0.15) is 11.1 Å². The van der Waals surface area contributed by atoms with Gasteiger partial charge in [-0.1, -0.05) is 0 Å². The average Bonchev–Trinajstić information content (AvgIpc) is 1.98. The summed E-state index contributed by atoms with van der Waals surface area (Å²) >= 11 is -2.30. The van der Waals surface area contributed by atoms with Crippen LogP contribution in [0.4, 0.5) is 11.4 Å². The molecule has 72 valence electrons. The molecular weight excluding hydrogens is 188 g/mol. The molecule has 0 saturated carbocycles. The van der Waals surface area contributed by atoms with Gasteiger partial charge in [0.25, 0.3) is 0 Å². The van der Waals surface area contributed by atoms with Crippen molar-refractivity contribution >= 4 is 22.6 Å². The summed E-state index contributed by atoms with van der Waals surface area (Å²) in [6.45, 7) is 3.72. The van der Waals surface area contributed by atoms with Gasteiger partial charge in [-0.05, 0) is 37.1 Å². The summed E-state index contributed by atoms with van der Waals surface area (Å²) in [4.78, 5) is 0. The van der Waals surface area contributed by atoms with Crippen LogP contribution in [-0.2, 0) is 11.3 Å². The first kappa shape index (κ1) is 10.0. The van der Waals surface area contributed by atoms with E-state index in [2.05, 4.69) is 4.72 Å². The first-order valence-electron chi connectivity index (χ1n) is 3.73. The summed E-state index contributed by atoms with van der Waals surface area (Å²) < 4.78 is 23.1. The highest BCUT2D eigenvalue weighted by molar-refractivity contribution is 7.80. The van der Waals surface area contributed by atoms with Crippen molar-refractivity contribution in [3.63, 3.8) is 0 Å². The van der Waals surface area contributed by atoms with Gasteiger partial charge in [0.2, 0.25) is 0 Å². The van der Waals surface area contributed by atoms with Gasteiger partial charge in [-0.3, -0.25) is 4.21 Å². The van der Waals surface area contributed by atoms with E-state index in [4.69, 9.17) is 5.73 Å². The zero-order valence-corrected chi connectivity index (χ0v) is 8.27. The fourth-order valence-corrected chi connectivity index (χ4v) is 1.47. The Balaban J connectivity index is 3.12. The molecule has 0 spiro atoms. The van der Waals surface area contributed by atoms with Crippen LogP contribution < -0.4 is 10.5 Å². The Labute approximate surface area is 79.6 Å². The lowest BCUT2D eigenvalue weighted by Gasteiger charge is -2.13. The number of nitrogens with one attached hydrogen (secondary N) is 1. The molecule has 1 rings (SSSR count). The van der Waals surface area contributed by atoms with Gasteiger partial charge in [0.1, 0.15) is 0 Å². The van der Waals surface area contributed by atoms with E-state index in [0.29, 0.717) is 11.4 Å². The van der Waals surface area contributed by atoms with E-state index < -0.39 is 11.3 Å². The monoisotopic (exact) mass is 199 g/mol. The first-order chi connectivity index (χ1) is 6.00. The summed E-state index contributed by atoms with van der Waals surface area (Å²) in [6, 6.07) is 3.40. The predicted octanol–water partition coefficient (Wildman–Crippen LogP) is 1.09. The van der Waals surface area contributed by atoms with Crippen molar-refractivity contribution in [3.05, 3.63) is 23.3 Å². The molecule has 0 radical (unpaired) electrons. The van der Waals surface area contributed by atoms with Crippen molar-refractivity contribution in [2.24, 2.45) is 0 Å². The van der Waals surface area contributed by atoms with E-state index in [-0.39, 0.29) is 0 Å². The van der Waals surface area contributed by atoms with Crippen LogP contribution in [0.3, 0.4) is 0 Å². The van der Waals surface area contributed by atoms with E-state index in [1.807, 2.05) is 13.8 Å². The smallest absolute Gasteiger partial charge is 0.0504 e. The van der Waals surface area contributed by atoms with Crippen LogP contribution in [0.5, 0.6) is 0 Å². The second-order valence-electron chi connectivity index (χ2n) is 2.85. The summed E-state index contributed by atoms with van der Waals surface area (Å²) in [7, 11) is 0. The van der Waals surface area contributed by atoms with Crippen LogP contribution in [0, 0.1) is 13.8 Å². The van der Waals surface area contributed by atoms with Crippen LogP contribution in [0.25, 0.3) is 0 Å². The number of nitrogens with two attached hydrogens (primary N) is 1. The van der Waals surface area contributed by atoms with Gasteiger partial charge in [-0.2, -0.15) is 0 Å². The minimum absolute atomic E-state index is 0.533. The van der Waals surface area contributed by atoms with E-state index >= 15 is 0 Å². The highest BCUT2D eigenvalue weighted by Crippen LogP contribution is 2.22. The maximum Gasteiger partial charge on any atom is 0.0504 e. The van der Waals surface area contributed by atoms with Gasteiger partial charge >= 0.3 is 0 Å². The largest absolute Gasteiger partial charge is 0.755 e. The van der Waals surface area contributed by atoms with E-state index in [0.717, 1.165) is 11.1 Å². The molecule has 0 bridgehead atoms. The van der Waals surface area contributed by atoms with Crippen molar-refractivity contribution in [2.45, 2.75) is 13.8 Å². The van der Waals surface area contributed by atoms with Crippen molar-refractivity contribution in [3.8, 4) is 0 Å². The Morgan fingerprint density at radius 1 is 1.46 bits per heavy atom. The fourth-order valence-electron chi connectivity index (χ4n) is 1.08. The van der Waals surface area contributed by atoms with Crippen molar-refractivity contribution in [1.29, 1.82) is 0 Å². The average molecular weight is 199 g/mol. The Morgan fingerprint density at radius 3 is 2.62 bits per heavy atom. The topological polar surface area (TPSA) is 78.2 Å². The van der Waals surface area contributed by atoms with Crippen LogP contribution in [0.2, 0.25) is 0 Å². The number of hydrogen-bond donors (Lipinski definition) is 2. The molecule has 0 fully saturated rings. The summed E-state index contributed by atoms with van der Waals surface area (Å²) in [5.74, 6) is 0. The van der Waals surface area contributed by atoms with Gasteiger partial charge in [0.05, 0.1) is 5.69 Å². The molecule has 3 N–H and O–H groups in total. The zero-order valence-electron chi connectivity index (χ0n) is 7.46.